The number of benzene rings is 2. The average molecular weight is 434 g/mol. The summed E-state index contributed by atoms with van der Waals surface area (Å²) in [5.41, 5.74) is -0.0661. The Balaban J connectivity index is 1.76. The van der Waals surface area contributed by atoms with Crippen LogP contribution in [0.3, 0.4) is 0 Å². The maximum Gasteiger partial charge on any atom is 0.573 e. The molecule has 1 fully saturated rings. The van der Waals surface area contributed by atoms with Crippen molar-refractivity contribution in [2.24, 2.45) is 5.92 Å². The van der Waals surface area contributed by atoms with E-state index in [1.807, 2.05) is 0 Å². The molecule has 2 aromatic rings. The molecule has 0 saturated carbocycles. The number of alkyl halides is 3. The Morgan fingerprint density at radius 1 is 0.967 bits per heavy atom. The Morgan fingerprint density at radius 2 is 1.60 bits per heavy atom. The molecule has 1 aliphatic heterocycles. The Kier molecular flexibility index (Phi) is 6.92. The van der Waals surface area contributed by atoms with E-state index in [-0.39, 0.29) is 17.0 Å². The molecule has 3 rings (SSSR count). The third-order valence-corrected chi connectivity index (χ3v) is 4.72. The topological polar surface area (TPSA) is 27.7 Å². The smallest absolute Gasteiger partial charge is 0.399 e. The molecule has 0 amide bonds. The van der Waals surface area contributed by atoms with Gasteiger partial charge in [-0.3, -0.25) is 0 Å². The summed E-state index contributed by atoms with van der Waals surface area (Å²) in [5, 5.41) is 0. The van der Waals surface area contributed by atoms with Gasteiger partial charge in [-0.15, -0.1) is 13.2 Å². The first-order valence-electron chi connectivity index (χ1n) is 9.45. The first kappa shape index (κ1) is 22.4. The van der Waals surface area contributed by atoms with Crippen LogP contribution >= 0.6 is 0 Å². The first-order valence-corrected chi connectivity index (χ1v) is 9.45. The predicted octanol–water partition coefficient (Wildman–Crippen LogP) is 6.52. The lowest BCUT2D eigenvalue weighted by Crippen LogP contribution is -2.27. The van der Waals surface area contributed by atoms with Gasteiger partial charge in [0, 0.05) is 17.0 Å². The lowest BCUT2D eigenvalue weighted by Gasteiger charge is -2.29. The molecule has 0 N–H and O–H groups in total. The molecule has 0 aromatic heterocycles. The molecule has 9 heteroatoms. The van der Waals surface area contributed by atoms with Gasteiger partial charge in [-0.25, -0.2) is 13.2 Å². The number of unbranched alkanes of at least 4 members (excludes halogenated alkanes) is 1. The summed E-state index contributed by atoms with van der Waals surface area (Å²) in [7, 11) is 0. The van der Waals surface area contributed by atoms with Crippen molar-refractivity contribution < 1.29 is 40.6 Å². The Hall–Kier alpha value is -2.26. The highest BCUT2D eigenvalue weighted by Gasteiger charge is 2.34. The molecule has 164 valence electrons. The third kappa shape index (κ3) is 5.46. The summed E-state index contributed by atoms with van der Waals surface area (Å²) in [6, 6.07) is 5.01. The fraction of sp³-hybridized carbons (Fsp3) is 0.429. The highest BCUT2D eigenvalue weighted by atomic mass is 19.4. The van der Waals surface area contributed by atoms with E-state index in [0.717, 1.165) is 25.3 Å². The van der Waals surface area contributed by atoms with Gasteiger partial charge in [0.05, 0.1) is 13.2 Å². The SMILES string of the molecule is CCCCC1COC(c2ccc(-c3cc(F)c(OC(F)(F)F)c(F)c3)c(F)c2)OC1. The summed E-state index contributed by atoms with van der Waals surface area (Å²) in [6.07, 6.45) is -2.92. The fourth-order valence-electron chi connectivity index (χ4n) is 3.24. The minimum Gasteiger partial charge on any atom is -0.399 e. The van der Waals surface area contributed by atoms with Crippen LogP contribution in [0.5, 0.6) is 5.75 Å². The molecule has 0 spiro atoms. The first-order chi connectivity index (χ1) is 14.2. The van der Waals surface area contributed by atoms with Crippen LogP contribution in [-0.4, -0.2) is 19.6 Å². The molecule has 0 atom stereocenters. The maximum atomic E-state index is 14.6. The molecular weight excluding hydrogens is 414 g/mol. The van der Waals surface area contributed by atoms with E-state index in [1.54, 1.807) is 0 Å². The molecule has 3 nitrogen and oxygen atoms in total. The van der Waals surface area contributed by atoms with Crippen LogP contribution < -0.4 is 4.74 Å². The van der Waals surface area contributed by atoms with Gasteiger partial charge >= 0.3 is 6.36 Å². The van der Waals surface area contributed by atoms with Gasteiger partial charge in [-0.05, 0) is 30.2 Å². The molecule has 0 unspecified atom stereocenters. The van der Waals surface area contributed by atoms with E-state index < -0.39 is 35.9 Å². The molecule has 1 aliphatic rings. The standard InChI is InChI=1S/C21H20F6O3/c1-2-3-4-12-10-28-20(29-11-12)13-5-6-15(16(22)7-13)14-8-17(23)19(18(24)9-14)30-21(25,26)27/h5-9,12,20H,2-4,10-11H2,1H3. The second-order valence-corrected chi connectivity index (χ2v) is 7.06. The van der Waals surface area contributed by atoms with Crippen molar-refractivity contribution in [3.63, 3.8) is 0 Å². The van der Waals surface area contributed by atoms with Crippen LogP contribution in [0.1, 0.15) is 38.0 Å². The zero-order valence-electron chi connectivity index (χ0n) is 16.1. The van der Waals surface area contributed by atoms with Gasteiger partial charge in [0.25, 0.3) is 0 Å². The van der Waals surface area contributed by atoms with E-state index in [2.05, 4.69) is 11.7 Å². The Morgan fingerprint density at radius 3 is 2.13 bits per heavy atom. The van der Waals surface area contributed by atoms with Gasteiger partial charge in [-0.1, -0.05) is 31.9 Å². The zero-order chi connectivity index (χ0) is 21.9. The van der Waals surface area contributed by atoms with Crippen molar-refractivity contribution in [3.8, 4) is 16.9 Å². The summed E-state index contributed by atoms with van der Waals surface area (Å²) in [4.78, 5) is 0. The van der Waals surface area contributed by atoms with Crippen LogP contribution in [0, 0.1) is 23.4 Å². The number of halogens is 6. The molecule has 30 heavy (non-hydrogen) atoms. The molecular formula is C21H20F6O3. The largest absolute Gasteiger partial charge is 0.573 e. The molecule has 0 aliphatic carbocycles. The van der Waals surface area contributed by atoms with Crippen LogP contribution in [0.4, 0.5) is 26.3 Å². The Labute approximate surface area is 169 Å². The number of ether oxygens (including phenoxy) is 3. The molecule has 0 radical (unpaired) electrons. The molecule has 0 bridgehead atoms. The minimum atomic E-state index is -5.26. The quantitative estimate of drug-likeness (QED) is 0.485. The van der Waals surface area contributed by atoms with Crippen molar-refractivity contribution in [2.75, 3.05) is 13.2 Å². The van der Waals surface area contributed by atoms with Crippen LogP contribution in [0.2, 0.25) is 0 Å². The van der Waals surface area contributed by atoms with Crippen molar-refractivity contribution in [3.05, 3.63) is 53.3 Å². The summed E-state index contributed by atoms with van der Waals surface area (Å²) < 4.78 is 93.8. The maximum absolute atomic E-state index is 14.6. The van der Waals surface area contributed by atoms with Crippen molar-refractivity contribution in [2.45, 2.75) is 38.8 Å². The monoisotopic (exact) mass is 434 g/mol. The highest BCUT2D eigenvalue weighted by molar-refractivity contribution is 5.66. The van der Waals surface area contributed by atoms with Crippen LogP contribution in [-0.2, 0) is 9.47 Å². The number of hydrogen-bond acceptors (Lipinski definition) is 3. The van der Waals surface area contributed by atoms with Gasteiger partial charge in [0.15, 0.2) is 17.9 Å². The Bertz CT molecular complexity index is 853. The van der Waals surface area contributed by atoms with Crippen molar-refractivity contribution >= 4 is 0 Å². The van der Waals surface area contributed by atoms with E-state index in [4.69, 9.17) is 9.47 Å². The number of rotatable bonds is 6. The van der Waals surface area contributed by atoms with Gasteiger partial charge in [0.2, 0.25) is 5.75 Å². The van der Waals surface area contributed by atoms with Crippen LogP contribution in [0.15, 0.2) is 30.3 Å². The minimum absolute atomic E-state index is 0.188. The molecule has 1 saturated heterocycles. The predicted molar refractivity (Wildman–Crippen MR) is 96.1 cm³/mol. The summed E-state index contributed by atoms with van der Waals surface area (Å²) in [6.45, 7) is 3.04. The summed E-state index contributed by atoms with van der Waals surface area (Å²) in [5.74, 6) is -5.33. The van der Waals surface area contributed by atoms with E-state index >= 15 is 0 Å². The fourth-order valence-corrected chi connectivity index (χ4v) is 3.24. The lowest BCUT2D eigenvalue weighted by molar-refractivity contribution is -0.276. The van der Waals surface area contributed by atoms with E-state index in [9.17, 15) is 26.3 Å². The van der Waals surface area contributed by atoms with Gasteiger partial charge < -0.3 is 14.2 Å². The van der Waals surface area contributed by atoms with Crippen LogP contribution in [0.25, 0.3) is 11.1 Å². The lowest BCUT2D eigenvalue weighted by atomic mass is 10.0. The summed E-state index contributed by atoms with van der Waals surface area (Å²) >= 11 is 0. The molecule has 1 heterocycles. The van der Waals surface area contributed by atoms with E-state index in [0.29, 0.717) is 30.9 Å². The zero-order valence-corrected chi connectivity index (χ0v) is 16.1. The molecule has 2 aromatic carbocycles. The van der Waals surface area contributed by atoms with Crippen molar-refractivity contribution in [1.29, 1.82) is 0 Å². The van der Waals surface area contributed by atoms with Gasteiger partial charge in [-0.2, -0.15) is 0 Å². The highest BCUT2D eigenvalue weighted by Crippen LogP contribution is 2.35. The van der Waals surface area contributed by atoms with Crippen molar-refractivity contribution in [1.82, 2.24) is 0 Å². The average Bonchev–Trinajstić information content (AvgIpc) is 2.68. The normalized spacial score (nSPS) is 19.7. The second kappa shape index (κ2) is 9.26. The van der Waals surface area contributed by atoms with Gasteiger partial charge in [0.1, 0.15) is 5.82 Å². The van der Waals surface area contributed by atoms with E-state index in [1.165, 1.54) is 12.1 Å². The third-order valence-electron chi connectivity index (χ3n) is 4.72. The number of hydrogen-bond donors (Lipinski definition) is 0. The second-order valence-electron chi connectivity index (χ2n) is 7.06.